The van der Waals surface area contributed by atoms with Crippen molar-refractivity contribution >= 4 is 17.5 Å². The zero-order valence-electron chi connectivity index (χ0n) is 3.65. The molecule has 1 rings (SSSR count). The molecule has 1 radical (unpaired) electrons. The molecule has 1 aliphatic rings. The summed E-state index contributed by atoms with van der Waals surface area (Å²) in [7, 11) is 0. The second kappa shape index (κ2) is 1.70. The summed E-state index contributed by atoms with van der Waals surface area (Å²) in [6.45, 7) is 1.59. The zero-order chi connectivity index (χ0) is 5.28. The van der Waals surface area contributed by atoms with Gasteiger partial charge in [-0.15, -0.1) is 11.6 Å². The van der Waals surface area contributed by atoms with E-state index in [1.54, 1.807) is 6.54 Å². The summed E-state index contributed by atoms with van der Waals surface area (Å²) in [5.74, 6) is 0.0139. The third-order valence-corrected chi connectivity index (χ3v) is 1.09. The van der Waals surface area contributed by atoms with E-state index in [4.69, 9.17) is 11.6 Å². The molecular formula is C4H5ClNO. The van der Waals surface area contributed by atoms with Gasteiger partial charge in [0.05, 0.1) is 11.9 Å². The molecule has 0 spiro atoms. The van der Waals surface area contributed by atoms with Gasteiger partial charge >= 0.3 is 0 Å². The Balaban J connectivity index is 2.40. The second-order valence-electron chi connectivity index (χ2n) is 1.45. The third kappa shape index (κ3) is 1.06. The molecule has 0 bridgehead atoms. The molecule has 1 saturated heterocycles. The minimum absolute atomic E-state index is 0.0139. The number of rotatable bonds is 0. The summed E-state index contributed by atoms with van der Waals surface area (Å²) >= 11 is 5.47. The number of amides is 1. The van der Waals surface area contributed by atoms with Crippen molar-refractivity contribution in [1.82, 2.24) is 5.32 Å². The molecular weight excluding hydrogens is 114 g/mol. The van der Waals surface area contributed by atoms with E-state index in [2.05, 4.69) is 5.32 Å². The van der Waals surface area contributed by atoms with Crippen LogP contribution in [0.1, 0.15) is 6.42 Å². The van der Waals surface area contributed by atoms with Crippen molar-refractivity contribution in [2.24, 2.45) is 0 Å². The molecule has 1 fully saturated rings. The molecule has 1 heterocycles. The average molecular weight is 119 g/mol. The summed E-state index contributed by atoms with van der Waals surface area (Å²) in [4.78, 5) is 10.2. The van der Waals surface area contributed by atoms with Crippen molar-refractivity contribution in [3.63, 3.8) is 0 Å². The van der Waals surface area contributed by atoms with Crippen LogP contribution in [0.2, 0.25) is 0 Å². The maximum absolute atomic E-state index is 10.2. The summed E-state index contributed by atoms with van der Waals surface area (Å²) in [6, 6.07) is 0. The second-order valence-corrected chi connectivity index (χ2v) is 2.01. The largest absolute Gasteiger partial charge is 0.350 e. The van der Waals surface area contributed by atoms with Gasteiger partial charge in [-0.2, -0.15) is 0 Å². The molecule has 0 aromatic heterocycles. The Kier molecular flexibility index (Phi) is 1.19. The summed E-state index contributed by atoms with van der Waals surface area (Å²) in [5.41, 5.74) is 0. The molecule has 1 atom stereocenters. The minimum atomic E-state index is -0.0903. The Morgan fingerprint density at radius 3 is 2.86 bits per heavy atom. The number of carbonyl (C=O) groups excluding carboxylic acids is 1. The first kappa shape index (κ1) is 4.91. The van der Waals surface area contributed by atoms with E-state index in [0.717, 1.165) is 0 Å². The van der Waals surface area contributed by atoms with Crippen molar-refractivity contribution < 1.29 is 4.79 Å². The van der Waals surface area contributed by atoms with Crippen LogP contribution in [-0.4, -0.2) is 11.3 Å². The van der Waals surface area contributed by atoms with E-state index < -0.39 is 0 Å². The highest BCUT2D eigenvalue weighted by molar-refractivity contribution is 6.23. The molecule has 1 unspecified atom stereocenters. The number of halogens is 1. The SMILES string of the molecule is O=C1CC(Cl)[CH]N1. The van der Waals surface area contributed by atoms with Gasteiger partial charge in [0.25, 0.3) is 0 Å². The van der Waals surface area contributed by atoms with E-state index in [-0.39, 0.29) is 11.3 Å². The fourth-order valence-corrected chi connectivity index (χ4v) is 0.681. The van der Waals surface area contributed by atoms with E-state index in [1.807, 2.05) is 0 Å². The quantitative estimate of drug-likeness (QED) is 0.455. The van der Waals surface area contributed by atoms with Crippen LogP contribution in [0.4, 0.5) is 0 Å². The topological polar surface area (TPSA) is 29.1 Å². The lowest BCUT2D eigenvalue weighted by molar-refractivity contribution is -0.118. The van der Waals surface area contributed by atoms with Gasteiger partial charge in [-0.3, -0.25) is 4.79 Å². The number of carbonyl (C=O) groups is 1. The van der Waals surface area contributed by atoms with Gasteiger partial charge in [-0.05, 0) is 0 Å². The van der Waals surface area contributed by atoms with Crippen molar-refractivity contribution in [3.05, 3.63) is 6.54 Å². The van der Waals surface area contributed by atoms with Crippen LogP contribution in [0, 0.1) is 6.54 Å². The zero-order valence-corrected chi connectivity index (χ0v) is 4.40. The number of nitrogens with one attached hydrogen (secondary N) is 1. The van der Waals surface area contributed by atoms with Crippen molar-refractivity contribution in [2.75, 3.05) is 0 Å². The standard InChI is InChI=1S/C4H5ClNO/c5-3-1-4(7)6-2-3/h2-3H,1H2,(H,6,7). The predicted molar refractivity (Wildman–Crippen MR) is 26.7 cm³/mol. The van der Waals surface area contributed by atoms with E-state index in [1.165, 1.54) is 0 Å². The van der Waals surface area contributed by atoms with Gasteiger partial charge in [0.15, 0.2) is 0 Å². The summed E-state index contributed by atoms with van der Waals surface area (Å²) in [6.07, 6.45) is 0.432. The predicted octanol–water partition coefficient (Wildman–Crippen LogP) is 0.275. The highest BCUT2D eigenvalue weighted by atomic mass is 35.5. The monoisotopic (exact) mass is 118 g/mol. The molecule has 1 N–H and O–H groups in total. The van der Waals surface area contributed by atoms with Crippen LogP contribution >= 0.6 is 11.6 Å². The number of hydrogen-bond donors (Lipinski definition) is 1. The van der Waals surface area contributed by atoms with Gasteiger partial charge in [0.1, 0.15) is 0 Å². The first-order valence-corrected chi connectivity index (χ1v) is 2.49. The van der Waals surface area contributed by atoms with Gasteiger partial charge in [0.2, 0.25) is 5.91 Å². The van der Waals surface area contributed by atoms with Crippen LogP contribution < -0.4 is 5.32 Å². The van der Waals surface area contributed by atoms with Gasteiger partial charge in [-0.25, -0.2) is 0 Å². The Hall–Kier alpha value is -0.240. The lowest BCUT2D eigenvalue weighted by Crippen LogP contribution is -2.09. The molecule has 1 amide bonds. The molecule has 7 heavy (non-hydrogen) atoms. The molecule has 3 heteroatoms. The number of hydrogen-bond acceptors (Lipinski definition) is 1. The fourth-order valence-electron chi connectivity index (χ4n) is 0.478. The van der Waals surface area contributed by atoms with Crippen LogP contribution in [0.25, 0.3) is 0 Å². The molecule has 39 valence electrons. The molecule has 0 saturated carbocycles. The van der Waals surface area contributed by atoms with E-state index >= 15 is 0 Å². The third-order valence-electron chi connectivity index (χ3n) is 0.806. The van der Waals surface area contributed by atoms with Gasteiger partial charge in [-0.1, -0.05) is 0 Å². The normalized spacial score (nSPS) is 30.4. The van der Waals surface area contributed by atoms with Gasteiger partial charge in [0, 0.05) is 6.42 Å². The van der Waals surface area contributed by atoms with Crippen LogP contribution in [0.5, 0.6) is 0 Å². The number of alkyl halides is 1. The Bertz CT molecular complexity index is 93.7. The van der Waals surface area contributed by atoms with E-state index in [9.17, 15) is 4.79 Å². The maximum Gasteiger partial charge on any atom is 0.221 e. The highest BCUT2D eigenvalue weighted by Crippen LogP contribution is 2.09. The van der Waals surface area contributed by atoms with E-state index in [0.29, 0.717) is 6.42 Å². The molecule has 0 aromatic carbocycles. The van der Waals surface area contributed by atoms with Crippen molar-refractivity contribution in [1.29, 1.82) is 0 Å². The molecule has 1 aliphatic heterocycles. The molecule has 0 aliphatic carbocycles. The smallest absolute Gasteiger partial charge is 0.221 e. The molecule has 2 nitrogen and oxygen atoms in total. The van der Waals surface area contributed by atoms with Crippen molar-refractivity contribution in [2.45, 2.75) is 11.8 Å². The van der Waals surface area contributed by atoms with Crippen LogP contribution in [0.3, 0.4) is 0 Å². The van der Waals surface area contributed by atoms with Crippen molar-refractivity contribution in [3.8, 4) is 0 Å². The Labute approximate surface area is 46.8 Å². The van der Waals surface area contributed by atoms with Gasteiger partial charge < -0.3 is 5.32 Å². The van der Waals surface area contributed by atoms with Crippen LogP contribution in [-0.2, 0) is 4.79 Å². The fraction of sp³-hybridized carbons (Fsp3) is 0.500. The first-order chi connectivity index (χ1) is 3.29. The van der Waals surface area contributed by atoms with Crippen LogP contribution in [0.15, 0.2) is 0 Å². The highest BCUT2D eigenvalue weighted by Gasteiger charge is 2.18. The lowest BCUT2D eigenvalue weighted by Gasteiger charge is -1.85. The maximum atomic E-state index is 10.2. The summed E-state index contributed by atoms with van der Waals surface area (Å²) < 4.78 is 0. The lowest BCUT2D eigenvalue weighted by atomic mass is 10.4. The minimum Gasteiger partial charge on any atom is -0.350 e. The summed E-state index contributed by atoms with van der Waals surface area (Å²) in [5, 5.41) is 2.38. The average Bonchev–Trinajstić information content (AvgIpc) is 1.87. The first-order valence-electron chi connectivity index (χ1n) is 2.06. The Morgan fingerprint density at radius 2 is 2.71 bits per heavy atom. The molecule has 0 aromatic rings. The Morgan fingerprint density at radius 1 is 2.00 bits per heavy atom.